The minimum atomic E-state index is -0.0101. The second-order valence-electron chi connectivity index (χ2n) is 7.91. The molecule has 1 unspecified atom stereocenters. The molecular weight excluding hydrogens is 308 g/mol. The first-order valence-corrected chi connectivity index (χ1v) is 9.03. The van der Waals surface area contributed by atoms with E-state index in [0.29, 0.717) is 17.0 Å². The number of hydrogen-bond donors (Lipinski definition) is 0. The molecule has 1 aliphatic heterocycles. The van der Waals surface area contributed by atoms with Crippen LogP contribution in [0.3, 0.4) is 0 Å². The van der Waals surface area contributed by atoms with Crippen molar-refractivity contribution < 1.29 is 0 Å². The van der Waals surface area contributed by atoms with Crippen LogP contribution in [0, 0.1) is 11.3 Å². The Morgan fingerprint density at radius 1 is 1.16 bits per heavy atom. The standard InChI is InChI=1S/C22H24N2O/c1-15-13-16(11-12-22(15,2)3)14-24-18-8-5-4-7-17(18)23-21-19(24)9-6-10-20(21)25/h4-10,13,15H,11-12,14H2,1-3H3. The third-order valence-corrected chi connectivity index (χ3v) is 5.84. The van der Waals surface area contributed by atoms with E-state index in [1.807, 2.05) is 30.3 Å². The number of allylic oxidation sites excluding steroid dienone is 2. The van der Waals surface area contributed by atoms with Crippen LogP contribution in [-0.2, 0) is 6.54 Å². The van der Waals surface area contributed by atoms with Gasteiger partial charge in [0.05, 0.1) is 16.7 Å². The molecular formula is C22H24N2O. The van der Waals surface area contributed by atoms with E-state index in [9.17, 15) is 4.79 Å². The first-order chi connectivity index (χ1) is 12.0. The van der Waals surface area contributed by atoms with E-state index in [4.69, 9.17) is 0 Å². The van der Waals surface area contributed by atoms with Gasteiger partial charge in [-0.2, -0.15) is 0 Å². The molecule has 0 bridgehead atoms. The fourth-order valence-electron chi connectivity index (χ4n) is 3.76. The second-order valence-corrected chi connectivity index (χ2v) is 7.91. The molecule has 3 aliphatic rings. The lowest BCUT2D eigenvalue weighted by atomic mass is 9.71. The molecule has 0 spiro atoms. The molecule has 0 amide bonds. The third kappa shape index (κ3) is 2.78. The number of aromatic nitrogens is 2. The van der Waals surface area contributed by atoms with Crippen molar-refractivity contribution in [2.75, 3.05) is 0 Å². The Balaban J connectivity index is 1.88. The molecule has 4 rings (SSSR count). The summed E-state index contributed by atoms with van der Waals surface area (Å²) in [6, 6.07) is 13.5. The largest absolute Gasteiger partial charge is 0.334 e. The summed E-state index contributed by atoms with van der Waals surface area (Å²) in [5, 5.41) is 0. The summed E-state index contributed by atoms with van der Waals surface area (Å²) >= 11 is 0. The Kier molecular flexibility index (Phi) is 3.75. The van der Waals surface area contributed by atoms with E-state index in [2.05, 4.69) is 42.5 Å². The van der Waals surface area contributed by atoms with Crippen molar-refractivity contribution in [3.05, 3.63) is 64.3 Å². The quantitative estimate of drug-likeness (QED) is 0.495. The molecule has 0 fully saturated rings. The van der Waals surface area contributed by atoms with Crippen LogP contribution in [0.5, 0.6) is 0 Å². The molecule has 0 saturated heterocycles. The lowest BCUT2D eigenvalue weighted by Gasteiger charge is -2.35. The Hall–Kier alpha value is -2.42. The van der Waals surface area contributed by atoms with Crippen LogP contribution in [0.4, 0.5) is 0 Å². The van der Waals surface area contributed by atoms with Crippen molar-refractivity contribution in [1.29, 1.82) is 0 Å². The molecule has 0 N–H and O–H groups in total. The second kappa shape index (κ2) is 5.83. The maximum absolute atomic E-state index is 12.3. The zero-order valence-corrected chi connectivity index (χ0v) is 15.1. The van der Waals surface area contributed by atoms with Gasteiger partial charge in [-0.15, -0.1) is 0 Å². The zero-order chi connectivity index (χ0) is 17.6. The van der Waals surface area contributed by atoms with E-state index in [1.165, 1.54) is 12.0 Å². The fourth-order valence-corrected chi connectivity index (χ4v) is 3.76. The van der Waals surface area contributed by atoms with Crippen LogP contribution in [0.15, 0.2) is 58.9 Å². The summed E-state index contributed by atoms with van der Waals surface area (Å²) in [7, 11) is 0. The van der Waals surface area contributed by atoms with E-state index < -0.39 is 0 Å². The van der Waals surface area contributed by atoms with Crippen molar-refractivity contribution in [1.82, 2.24) is 9.55 Å². The van der Waals surface area contributed by atoms with Gasteiger partial charge in [0, 0.05) is 6.54 Å². The van der Waals surface area contributed by atoms with Gasteiger partial charge >= 0.3 is 0 Å². The summed E-state index contributed by atoms with van der Waals surface area (Å²) in [5.74, 6) is 0.561. The van der Waals surface area contributed by atoms with Crippen molar-refractivity contribution in [3.8, 4) is 11.4 Å². The molecule has 128 valence electrons. The minimum Gasteiger partial charge on any atom is -0.334 e. The average Bonchev–Trinajstić information content (AvgIpc) is 2.59. The van der Waals surface area contributed by atoms with Crippen molar-refractivity contribution >= 4 is 11.0 Å². The number of nitrogens with zero attached hydrogens (tertiary/aromatic N) is 2. The maximum Gasteiger partial charge on any atom is 0.206 e. The van der Waals surface area contributed by atoms with Crippen LogP contribution in [-0.4, -0.2) is 9.55 Å². The average molecular weight is 332 g/mol. The normalized spacial score (nSPS) is 20.0. The number of benzene rings is 2. The Labute approximate surface area is 148 Å². The molecule has 1 aromatic carbocycles. The van der Waals surface area contributed by atoms with E-state index in [1.54, 1.807) is 6.07 Å². The first-order valence-electron chi connectivity index (χ1n) is 9.03. The molecule has 0 aromatic heterocycles. The molecule has 3 heteroatoms. The number of para-hydroxylation sites is 3. The van der Waals surface area contributed by atoms with Gasteiger partial charge in [0.2, 0.25) is 5.43 Å². The molecule has 1 heterocycles. The summed E-state index contributed by atoms with van der Waals surface area (Å²) in [6.07, 6.45) is 4.74. The highest BCUT2D eigenvalue weighted by Gasteiger charge is 2.28. The Morgan fingerprint density at radius 2 is 1.96 bits per heavy atom. The summed E-state index contributed by atoms with van der Waals surface area (Å²) in [6.45, 7) is 7.82. The van der Waals surface area contributed by atoms with Crippen LogP contribution < -0.4 is 5.43 Å². The SMILES string of the molecule is CC1C=C(Cn2c3cccc(=O)c-3nc3ccccc32)CCC1(C)C. The van der Waals surface area contributed by atoms with Gasteiger partial charge in [0.25, 0.3) is 0 Å². The Bertz CT molecular complexity index is 996. The monoisotopic (exact) mass is 332 g/mol. The van der Waals surface area contributed by atoms with Gasteiger partial charge in [-0.3, -0.25) is 4.79 Å². The van der Waals surface area contributed by atoms with Crippen molar-refractivity contribution in [2.45, 2.75) is 40.2 Å². The van der Waals surface area contributed by atoms with Crippen LogP contribution in [0.25, 0.3) is 22.4 Å². The summed E-state index contributed by atoms with van der Waals surface area (Å²) in [5.41, 5.74) is 5.24. The molecule has 25 heavy (non-hydrogen) atoms. The molecule has 0 radical (unpaired) electrons. The van der Waals surface area contributed by atoms with E-state index >= 15 is 0 Å². The molecule has 1 atom stereocenters. The van der Waals surface area contributed by atoms with Crippen LogP contribution >= 0.6 is 0 Å². The fraction of sp³-hybridized carbons (Fsp3) is 0.364. The highest BCUT2D eigenvalue weighted by molar-refractivity contribution is 5.80. The lowest BCUT2D eigenvalue weighted by Crippen LogP contribution is -2.25. The molecule has 3 nitrogen and oxygen atoms in total. The third-order valence-electron chi connectivity index (χ3n) is 5.84. The van der Waals surface area contributed by atoms with E-state index in [-0.39, 0.29) is 5.43 Å². The predicted octanol–water partition coefficient (Wildman–Crippen LogP) is 4.88. The summed E-state index contributed by atoms with van der Waals surface area (Å²) in [4.78, 5) is 16.9. The first kappa shape index (κ1) is 16.1. The number of hydrogen-bond acceptors (Lipinski definition) is 2. The molecule has 1 aromatic rings. The number of fused-ring (bicyclic) bond motifs is 2. The minimum absolute atomic E-state index is 0.0101. The lowest BCUT2D eigenvalue weighted by molar-refractivity contribution is 0.237. The zero-order valence-electron chi connectivity index (χ0n) is 15.1. The topological polar surface area (TPSA) is 34.9 Å². The Morgan fingerprint density at radius 3 is 2.76 bits per heavy atom. The highest BCUT2D eigenvalue weighted by Crippen LogP contribution is 2.39. The van der Waals surface area contributed by atoms with Crippen molar-refractivity contribution in [3.63, 3.8) is 0 Å². The van der Waals surface area contributed by atoms with Gasteiger partial charge in [0.15, 0.2) is 0 Å². The van der Waals surface area contributed by atoms with Gasteiger partial charge in [-0.25, -0.2) is 4.98 Å². The van der Waals surface area contributed by atoms with Crippen LogP contribution in [0.1, 0.15) is 33.6 Å². The van der Waals surface area contributed by atoms with Gasteiger partial charge in [0.1, 0.15) is 5.69 Å². The van der Waals surface area contributed by atoms with Gasteiger partial charge in [-0.05, 0) is 48.4 Å². The van der Waals surface area contributed by atoms with Crippen molar-refractivity contribution in [2.24, 2.45) is 11.3 Å². The highest BCUT2D eigenvalue weighted by atomic mass is 16.1. The van der Waals surface area contributed by atoms with Gasteiger partial charge in [-0.1, -0.05) is 50.6 Å². The van der Waals surface area contributed by atoms with E-state index in [0.717, 1.165) is 29.7 Å². The predicted molar refractivity (Wildman–Crippen MR) is 103 cm³/mol. The van der Waals surface area contributed by atoms with Gasteiger partial charge < -0.3 is 4.57 Å². The van der Waals surface area contributed by atoms with Crippen LogP contribution in [0.2, 0.25) is 0 Å². The maximum atomic E-state index is 12.3. The number of rotatable bonds is 2. The summed E-state index contributed by atoms with van der Waals surface area (Å²) < 4.78 is 2.26. The smallest absolute Gasteiger partial charge is 0.206 e. The molecule has 0 saturated carbocycles. The molecule has 2 aliphatic carbocycles.